The van der Waals surface area contributed by atoms with Crippen molar-refractivity contribution in [3.8, 4) is 0 Å². The molecule has 1 rings (SSSR count). The van der Waals surface area contributed by atoms with E-state index in [1.165, 1.54) is 12.1 Å². The minimum absolute atomic E-state index is 0.0467. The van der Waals surface area contributed by atoms with Crippen molar-refractivity contribution in [3.63, 3.8) is 0 Å². The number of nitrogens with two attached hydrogens (primary N) is 1. The van der Waals surface area contributed by atoms with Crippen LogP contribution in [-0.4, -0.2) is 18.3 Å². The molecule has 3 heteroatoms. The van der Waals surface area contributed by atoms with Crippen molar-refractivity contribution in [2.24, 2.45) is 11.7 Å². The zero-order chi connectivity index (χ0) is 11.3. The molecule has 0 fully saturated rings. The van der Waals surface area contributed by atoms with Crippen molar-refractivity contribution < 1.29 is 9.50 Å². The molecule has 0 amide bonds. The van der Waals surface area contributed by atoms with Crippen LogP contribution in [-0.2, 0) is 0 Å². The normalized spacial score (nSPS) is 14.0. The maximum atomic E-state index is 12.9. The lowest BCUT2D eigenvalue weighted by Crippen LogP contribution is -2.15. The number of aliphatic hydroxyl groups is 1. The molecule has 0 radical (unpaired) electrons. The lowest BCUT2D eigenvalue weighted by molar-refractivity contribution is 0.318. The fourth-order valence-corrected chi connectivity index (χ4v) is 1.31. The predicted molar refractivity (Wildman–Crippen MR) is 59.7 cm³/mol. The van der Waals surface area contributed by atoms with Crippen LogP contribution in [0.2, 0.25) is 0 Å². The Morgan fingerprint density at radius 3 is 2.87 bits per heavy atom. The van der Waals surface area contributed by atoms with E-state index in [9.17, 15) is 4.39 Å². The number of hydrogen-bond donors (Lipinski definition) is 2. The van der Waals surface area contributed by atoms with Gasteiger partial charge in [0.15, 0.2) is 0 Å². The molecule has 0 unspecified atom stereocenters. The molecule has 0 heterocycles. The maximum Gasteiger partial charge on any atom is 0.123 e. The minimum Gasteiger partial charge on any atom is -0.392 e. The summed E-state index contributed by atoms with van der Waals surface area (Å²) in [5.74, 6) is -0.167. The Hall–Kier alpha value is -1.19. The number of rotatable bonds is 4. The molecule has 2 nitrogen and oxygen atoms in total. The van der Waals surface area contributed by atoms with Gasteiger partial charge in [0.1, 0.15) is 5.82 Å². The summed E-state index contributed by atoms with van der Waals surface area (Å²) in [5.41, 5.74) is 7.08. The second-order valence-corrected chi connectivity index (χ2v) is 3.57. The summed E-state index contributed by atoms with van der Waals surface area (Å²) < 4.78 is 12.9. The third kappa shape index (κ3) is 3.46. The summed E-state index contributed by atoms with van der Waals surface area (Å²) in [7, 11) is 0. The first kappa shape index (κ1) is 11.9. The van der Waals surface area contributed by atoms with Gasteiger partial charge in [-0.3, -0.25) is 0 Å². The van der Waals surface area contributed by atoms with Gasteiger partial charge in [-0.05, 0) is 35.7 Å². The SMILES string of the molecule is C[C@H](CN)C(=Cc1cccc(F)c1)CO. The van der Waals surface area contributed by atoms with Crippen molar-refractivity contribution in [1.29, 1.82) is 0 Å². The van der Waals surface area contributed by atoms with Gasteiger partial charge in [0, 0.05) is 0 Å². The molecular weight excluding hydrogens is 193 g/mol. The smallest absolute Gasteiger partial charge is 0.123 e. The van der Waals surface area contributed by atoms with Gasteiger partial charge < -0.3 is 10.8 Å². The number of hydrogen-bond acceptors (Lipinski definition) is 2. The summed E-state index contributed by atoms with van der Waals surface area (Å²) in [6, 6.07) is 6.26. The average Bonchev–Trinajstić information content (AvgIpc) is 2.25. The molecule has 0 aliphatic carbocycles. The molecule has 1 atom stereocenters. The van der Waals surface area contributed by atoms with Crippen molar-refractivity contribution in [2.75, 3.05) is 13.2 Å². The lowest BCUT2D eigenvalue weighted by Gasteiger charge is -2.11. The van der Waals surface area contributed by atoms with Crippen LogP contribution in [0.15, 0.2) is 29.8 Å². The quantitative estimate of drug-likeness (QED) is 0.794. The van der Waals surface area contributed by atoms with E-state index in [-0.39, 0.29) is 18.3 Å². The Kier molecular flexibility index (Phi) is 4.46. The minimum atomic E-state index is -0.276. The molecule has 0 aromatic heterocycles. The van der Waals surface area contributed by atoms with Gasteiger partial charge in [-0.25, -0.2) is 4.39 Å². The molecule has 82 valence electrons. The largest absolute Gasteiger partial charge is 0.392 e. The van der Waals surface area contributed by atoms with E-state index in [2.05, 4.69) is 0 Å². The first-order valence-corrected chi connectivity index (χ1v) is 4.94. The van der Waals surface area contributed by atoms with E-state index >= 15 is 0 Å². The number of benzene rings is 1. The second kappa shape index (κ2) is 5.63. The Bertz CT molecular complexity index is 349. The number of aliphatic hydroxyl groups excluding tert-OH is 1. The monoisotopic (exact) mass is 209 g/mol. The van der Waals surface area contributed by atoms with Gasteiger partial charge >= 0.3 is 0 Å². The zero-order valence-electron chi connectivity index (χ0n) is 8.78. The van der Waals surface area contributed by atoms with Crippen LogP contribution in [0.25, 0.3) is 6.08 Å². The molecule has 0 saturated heterocycles. The van der Waals surface area contributed by atoms with E-state index in [0.29, 0.717) is 6.54 Å². The Morgan fingerprint density at radius 1 is 1.60 bits per heavy atom. The van der Waals surface area contributed by atoms with E-state index in [1.54, 1.807) is 18.2 Å². The molecule has 1 aromatic rings. The van der Waals surface area contributed by atoms with Gasteiger partial charge in [-0.1, -0.05) is 25.1 Å². The standard InChI is InChI=1S/C12H16FNO/c1-9(7-14)11(8-15)5-10-3-2-4-12(13)6-10/h2-6,9,15H,7-8,14H2,1H3/t9-/m1/s1. The third-order valence-corrected chi connectivity index (χ3v) is 2.37. The fraction of sp³-hybridized carbons (Fsp3) is 0.333. The van der Waals surface area contributed by atoms with Crippen LogP contribution < -0.4 is 5.73 Å². The second-order valence-electron chi connectivity index (χ2n) is 3.57. The van der Waals surface area contributed by atoms with Crippen molar-refractivity contribution in [3.05, 3.63) is 41.2 Å². The summed E-state index contributed by atoms with van der Waals surface area (Å²) in [6.45, 7) is 2.36. The van der Waals surface area contributed by atoms with Crippen molar-refractivity contribution in [1.82, 2.24) is 0 Å². The fourth-order valence-electron chi connectivity index (χ4n) is 1.31. The highest BCUT2D eigenvalue weighted by Crippen LogP contribution is 2.14. The molecule has 0 spiro atoms. The van der Waals surface area contributed by atoms with Gasteiger partial charge in [0.2, 0.25) is 0 Å². The molecule has 15 heavy (non-hydrogen) atoms. The highest BCUT2D eigenvalue weighted by molar-refractivity contribution is 5.53. The molecule has 1 aromatic carbocycles. The lowest BCUT2D eigenvalue weighted by atomic mass is 9.99. The van der Waals surface area contributed by atoms with Crippen LogP contribution in [0.3, 0.4) is 0 Å². The van der Waals surface area contributed by atoms with Crippen LogP contribution in [0.1, 0.15) is 12.5 Å². The molecule has 3 N–H and O–H groups in total. The Morgan fingerprint density at radius 2 is 2.33 bits per heavy atom. The van der Waals surface area contributed by atoms with Gasteiger partial charge in [0.05, 0.1) is 6.61 Å². The van der Waals surface area contributed by atoms with Crippen LogP contribution in [0.5, 0.6) is 0 Å². The highest BCUT2D eigenvalue weighted by Gasteiger charge is 2.05. The number of halogens is 1. The summed E-state index contributed by atoms with van der Waals surface area (Å²) in [4.78, 5) is 0. The Labute approximate surface area is 89.2 Å². The van der Waals surface area contributed by atoms with Gasteiger partial charge in [-0.15, -0.1) is 0 Å². The zero-order valence-corrected chi connectivity index (χ0v) is 8.78. The third-order valence-electron chi connectivity index (χ3n) is 2.37. The molecule has 0 saturated carbocycles. The predicted octanol–water partition coefficient (Wildman–Crippen LogP) is 1.80. The maximum absolute atomic E-state index is 12.9. The Balaban J connectivity index is 2.92. The molecular formula is C12H16FNO. The van der Waals surface area contributed by atoms with Gasteiger partial charge in [-0.2, -0.15) is 0 Å². The highest BCUT2D eigenvalue weighted by atomic mass is 19.1. The van der Waals surface area contributed by atoms with Crippen molar-refractivity contribution >= 4 is 6.08 Å². The first-order valence-electron chi connectivity index (χ1n) is 4.94. The van der Waals surface area contributed by atoms with E-state index in [4.69, 9.17) is 10.8 Å². The molecule has 0 aliphatic rings. The molecule has 0 bridgehead atoms. The van der Waals surface area contributed by atoms with Crippen molar-refractivity contribution in [2.45, 2.75) is 6.92 Å². The topological polar surface area (TPSA) is 46.2 Å². The van der Waals surface area contributed by atoms with Crippen LogP contribution >= 0.6 is 0 Å². The van der Waals surface area contributed by atoms with E-state index in [1.807, 2.05) is 6.92 Å². The van der Waals surface area contributed by atoms with Gasteiger partial charge in [0.25, 0.3) is 0 Å². The average molecular weight is 209 g/mol. The van der Waals surface area contributed by atoms with E-state index in [0.717, 1.165) is 11.1 Å². The van der Waals surface area contributed by atoms with Crippen LogP contribution in [0, 0.1) is 11.7 Å². The molecule has 0 aliphatic heterocycles. The van der Waals surface area contributed by atoms with E-state index < -0.39 is 0 Å². The summed E-state index contributed by atoms with van der Waals surface area (Å²) in [6.07, 6.45) is 1.78. The summed E-state index contributed by atoms with van der Waals surface area (Å²) in [5, 5.41) is 9.14. The first-order chi connectivity index (χ1) is 7.17. The summed E-state index contributed by atoms with van der Waals surface area (Å²) >= 11 is 0. The van der Waals surface area contributed by atoms with Crippen LogP contribution in [0.4, 0.5) is 4.39 Å².